The molecule has 0 aliphatic carbocycles. The predicted octanol–water partition coefficient (Wildman–Crippen LogP) is 2.52. The van der Waals surface area contributed by atoms with Crippen LogP contribution < -0.4 is 5.32 Å². The zero-order valence-corrected chi connectivity index (χ0v) is 15.8. The molecule has 7 nitrogen and oxygen atoms in total. The minimum Gasteiger partial charge on any atom is -0.334 e. The van der Waals surface area contributed by atoms with E-state index in [4.69, 9.17) is 11.6 Å². The molecule has 0 radical (unpaired) electrons. The fourth-order valence-electron chi connectivity index (χ4n) is 2.96. The molecule has 138 valence electrons. The van der Waals surface area contributed by atoms with Crippen molar-refractivity contribution in [1.82, 2.24) is 14.9 Å². The molecule has 0 saturated carbocycles. The van der Waals surface area contributed by atoms with Gasteiger partial charge in [0.25, 0.3) is 5.91 Å². The Bertz CT molecular complexity index is 920. The highest BCUT2D eigenvalue weighted by molar-refractivity contribution is 7.91. The van der Waals surface area contributed by atoms with Crippen LogP contribution in [-0.2, 0) is 9.84 Å². The number of rotatable bonds is 5. The Morgan fingerprint density at radius 2 is 2.12 bits per heavy atom. The van der Waals surface area contributed by atoms with Crippen LogP contribution >= 0.6 is 11.6 Å². The number of hydrogen-bond donors (Lipinski definition) is 1. The second-order valence-electron chi connectivity index (χ2n) is 6.02. The number of hydrogen-bond acceptors (Lipinski definition) is 6. The minimum atomic E-state index is -3.07. The van der Waals surface area contributed by atoms with Gasteiger partial charge in [-0.3, -0.25) is 4.79 Å². The summed E-state index contributed by atoms with van der Waals surface area (Å²) in [6.07, 6.45) is 1.94. The smallest absolute Gasteiger partial charge is 0.272 e. The van der Waals surface area contributed by atoms with Crippen LogP contribution in [0.2, 0.25) is 5.02 Å². The van der Waals surface area contributed by atoms with E-state index in [0.717, 1.165) is 0 Å². The molecule has 26 heavy (non-hydrogen) atoms. The Hall–Kier alpha value is -2.19. The molecule has 1 aliphatic heterocycles. The maximum atomic E-state index is 12.8. The van der Waals surface area contributed by atoms with E-state index >= 15 is 0 Å². The number of sulfone groups is 1. The SMILES string of the molecule is CCN(C(=O)c1ccnc(Nc2ccccc2Cl)n1)C1CCS(=O)(=O)C1. The summed E-state index contributed by atoms with van der Waals surface area (Å²) in [5.41, 5.74) is 0.841. The standard InChI is InChI=1S/C17H19ClN4O3S/c1-2-22(12-8-10-26(24,25)11-12)16(23)15-7-9-19-17(21-15)20-14-6-4-3-5-13(14)18/h3-7,9,12H,2,8,10-11H2,1H3,(H,19,20,21). The van der Waals surface area contributed by atoms with Crippen molar-refractivity contribution < 1.29 is 13.2 Å². The summed E-state index contributed by atoms with van der Waals surface area (Å²) in [6.45, 7) is 2.24. The number of nitrogens with zero attached hydrogens (tertiary/aromatic N) is 3. The maximum absolute atomic E-state index is 12.8. The molecule has 2 heterocycles. The average Bonchev–Trinajstić information content (AvgIpc) is 2.97. The summed E-state index contributed by atoms with van der Waals surface area (Å²) >= 11 is 6.11. The first-order chi connectivity index (χ1) is 12.4. The molecule has 1 atom stereocenters. The molecular weight excluding hydrogens is 376 g/mol. The highest BCUT2D eigenvalue weighted by atomic mass is 35.5. The monoisotopic (exact) mass is 394 g/mol. The van der Waals surface area contributed by atoms with E-state index < -0.39 is 9.84 Å². The molecule has 9 heteroatoms. The Balaban J connectivity index is 1.80. The molecule has 1 fully saturated rings. The highest BCUT2D eigenvalue weighted by Crippen LogP contribution is 2.24. The molecule has 0 bridgehead atoms. The molecular formula is C17H19ClN4O3S. The highest BCUT2D eigenvalue weighted by Gasteiger charge is 2.34. The Kier molecular flexibility index (Phi) is 5.43. The first-order valence-corrected chi connectivity index (χ1v) is 10.5. The largest absolute Gasteiger partial charge is 0.334 e. The van der Waals surface area contributed by atoms with Crippen LogP contribution in [0.1, 0.15) is 23.8 Å². The molecule has 2 aromatic rings. The predicted molar refractivity (Wildman–Crippen MR) is 101 cm³/mol. The fraction of sp³-hybridized carbons (Fsp3) is 0.353. The molecule has 0 spiro atoms. The number of halogens is 1. The lowest BCUT2D eigenvalue weighted by atomic mass is 10.2. The second-order valence-corrected chi connectivity index (χ2v) is 8.65. The van der Waals surface area contributed by atoms with E-state index in [-0.39, 0.29) is 35.1 Å². The number of benzene rings is 1. The summed E-state index contributed by atoms with van der Waals surface area (Å²) < 4.78 is 23.4. The van der Waals surface area contributed by atoms with Crippen LogP contribution in [0.25, 0.3) is 0 Å². The van der Waals surface area contributed by atoms with Gasteiger partial charge in [-0.2, -0.15) is 0 Å². The van der Waals surface area contributed by atoms with Crippen LogP contribution in [0.5, 0.6) is 0 Å². The Morgan fingerprint density at radius 3 is 2.77 bits per heavy atom. The van der Waals surface area contributed by atoms with Gasteiger partial charge in [-0.15, -0.1) is 0 Å². The number of amides is 1. The second kappa shape index (κ2) is 7.59. The van der Waals surface area contributed by atoms with Crippen molar-refractivity contribution >= 4 is 39.0 Å². The summed E-state index contributed by atoms with van der Waals surface area (Å²) in [6, 6.07) is 8.35. The van der Waals surface area contributed by atoms with Gasteiger partial charge in [0.15, 0.2) is 9.84 Å². The number of carbonyl (C=O) groups is 1. The van der Waals surface area contributed by atoms with Gasteiger partial charge < -0.3 is 10.2 Å². The van der Waals surface area contributed by atoms with E-state index in [2.05, 4.69) is 15.3 Å². The Labute approximate surface area is 157 Å². The van der Waals surface area contributed by atoms with Crippen molar-refractivity contribution in [3.05, 3.63) is 47.2 Å². The molecule has 1 saturated heterocycles. The molecule has 1 aromatic heterocycles. The van der Waals surface area contributed by atoms with Gasteiger partial charge in [-0.05, 0) is 31.5 Å². The third-order valence-electron chi connectivity index (χ3n) is 4.25. The summed E-state index contributed by atoms with van der Waals surface area (Å²) in [5.74, 6) is 0.0608. The molecule has 1 aliphatic rings. The number of nitrogens with one attached hydrogen (secondary N) is 1. The lowest BCUT2D eigenvalue weighted by Crippen LogP contribution is -2.41. The van der Waals surface area contributed by atoms with Crippen LogP contribution in [0.15, 0.2) is 36.5 Å². The number of aromatic nitrogens is 2. The van der Waals surface area contributed by atoms with Crippen molar-refractivity contribution in [2.45, 2.75) is 19.4 Å². The molecule has 1 unspecified atom stereocenters. The van der Waals surface area contributed by atoms with Crippen molar-refractivity contribution in [2.75, 3.05) is 23.4 Å². The normalized spacial score (nSPS) is 18.5. The van der Waals surface area contributed by atoms with Crippen LogP contribution in [0.4, 0.5) is 11.6 Å². The van der Waals surface area contributed by atoms with Crippen LogP contribution in [0.3, 0.4) is 0 Å². The first-order valence-electron chi connectivity index (χ1n) is 8.25. The van der Waals surface area contributed by atoms with Crippen LogP contribution in [0, 0.1) is 0 Å². The van der Waals surface area contributed by atoms with E-state index in [1.54, 1.807) is 17.0 Å². The topological polar surface area (TPSA) is 92.3 Å². The summed E-state index contributed by atoms with van der Waals surface area (Å²) in [7, 11) is -3.07. The molecule has 3 rings (SSSR count). The third-order valence-corrected chi connectivity index (χ3v) is 6.33. The zero-order valence-electron chi connectivity index (χ0n) is 14.2. The molecule has 1 N–H and O–H groups in total. The lowest BCUT2D eigenvalue weighted by Gasteiger charge is -2.26. The van der Waals surface area contributed by atoms with E-state index in [9.17, 15) is 13.2 Å². The van der Waals surface area contributed by atoms with E-state index in [0.29, 0.717) is 23.7 Å². The lowest BCUT2D eigenvalue weighted by molar-refractivity contribution is 0.0702. The van der Waals surface area contributed by atoms with Gasteiger partial charge in [-0.1, -0.05) is 23.7 Å². The molecule has 1 aromatic carbocycles. The first kappa shape index (κ1) is 18.6. The number of carbonyl (C=O) groups excluding carboxylic acids is 1. The van der Waals surface area contributed by atoms with Crippen LogP contribution in [-0.4, -0.2) is 53.3 Å². The van der Waals surface area contributed by atoms with Crippen molar-refractivity contribution in [1.29, 1.82) is 0 Å². The van der Waals surface area contributed by atoms with Gasteiger partial charge in [0.05, 0.1) is 22.2 Å². The van der Waals surface area contributed by atoms with Crippen molar-refractivity contribution in [3.63, 3.8) is 0 Å². The quantitative estimate of drug-likeness (QED) is 0.837. The van der Waals surface area contributed by atoms with Crippen molar-refractivity contribution in [3.8, 4) is 0 Å². The number of anilines is 2. The minimum absolute atomic E-state index is 0.00237. The van der Waals surface area contributed by atoms with Gasteiger partial charge in [0.2, 0.25) is 5.95 Å². The summed E-state index contributed by atoms with van der Waals surface area (Å²) in [4.78, 5) is 22.8. The van der Waals surface area contributed by atoms with Gasteiger partial charge in [0.1, 0.15) is 5.69 Å². The maximum Gasteiger partial charge on any atom is 0.272 e. The van der Waals surface area contributed by atoms with Gasteiger partial charge >= 0.3 is 0 Å². The zero-order chi connectivity index (χ0) is 18.7. The van der Waals surface area contributed by atoms with E-state index in [1.165, 1.54) is 12.3 Å². The van der Waals surface area contributed by atoms with E-state index in [1.807, 2.05) is 19.1 Å². The third kappa shape index (κ3) is 4.13. The Morgan fingerprint density at radius 1 is 1.35 bits per heavy atom. The van der Waals surface area contributed by atoms with Gasteiger partial charge in [-0.25, -0.2) is 18.4 Å². The van der Waals surface area contributed by atoms with Gasteiger partial charge in [0, 0.05) is 18.8 Å². The van der Waals surface area contributed by atoms with Crippen molar-refractivity contribution in [2.24, 2.45) is 0 Å². The molecule has 1 amide bonds. The average molecular weight is 395 g/mol. The fourth-order valence-corrected chi connectivity index (χ4v) is 4.87. The number of para-hydroxylation sites is 1. The summed E-state index contributed by atoms with van der Waals surface area (Å²) in [5, 5.41) is 3.50.